The van der Waals surface area contributed by atoms with Gasteiger partial charge in [-0.3, -0.25) is 9.69 Å². The molecule has 7 nitrogen and oxygen atoms in total. The lowest BCUT2D eigenvalue weighted by molar-refractivity contribution is -0.122. The molecule has 0 saturated heterocycles. The zero-order valence-corrected chi connectivity index (χ0v) is 17.7. The molecule has 3 aromatic rings. The van der Waals surface area contributed by atoms with Crippen molar-refractivity contribution in [2.24, 2.45) is 0 Å². The van der Waals surface area contributed by atoms with Crippen molar-refractivity contribution in [2.45, 2.75) is 25.6 Å². The SMILES string of the molecule is COc1ccccc1C1CN(CC(=O)NCCCn2ccnc2)Cc2ccccc2O1. The van der Waals surface area contributed by atoms with Crippen molar-refractivity contribution in [1.29, 1.82) is 0 Å². The molecule has 162 valence electrons. The van der Waals surface area contributed by atoms with Crippen molar-refractivity contribution < 1.29 is 14.3 Å². The molecule has 7 heteroatoms. The minimum atomic E-state index is -0.228. The summed E-state index contributed by atoms with van der Waals surface area (Å²) in [6.07, 6.45) is 6.10. The Labute approximate surface area is 182 Å². The summed E-state index contributed by atoms with van der Waals surface area (Å²) in [6, 6.07) is 15.9. The van der Waals surface area contributed by atoms with Crippen LogP contribution in [0.2, 0.25) is 0 Å². The van der Waals surface area contributed by atoms with Crippen LogP contribution in [0.4, 0.5) is 0 Å². The number of aryl methyl sites for hydroxylation is 1. The van der Waals surface area contributed by atoms with E-state index in [0.717, 1.165) is 35.6 Å². The smallest absolute Gasteiger partial charge is 0.234 e. The fourth-order valence-electron chi connectivity index (χ4n) is 3.86. The third-order valence-corrected chi connectivity index (χ3v) is 5.39. The highest BCUT2D eigenvalue weighted by Crippen LogP contribution is 2.34. The molecule has 2 aromatic carbocycles. The molecular weight excluding hydrogens is 392 g/mol. The molecule has 1 N–H and O–H groups in total. The van der Waals surface area contributed by atoms with Crippen molar-refractivity contribution in [1.82, 2.24) is 19.8 Å². The van der Waals surface area contributed by atoms with E-state index in [9.17, 15) is 4.79 Å². The van der Waals surface area contributed by atoms with Crippen LogP contribution in [0.5, 0.6) is 11.5 Å². The average molecular weight is 421 g/mol. The first-order chi connectivity index (χ1) is 15.2. The number of carbonyl (C=O) groups excluding carboxylic acids is 1. The van der Waals surface area contributed by atoms with Crippen LogP contribution in [0, 0.1) is 0 Å². The molecule has 1 unspecified atom stereocenters. The maximum Gasteiger partial charge on any atom is 0.234 e. The Bertz CT molecular complexity index is 990. The summed E-state index contributed by atoms with van der Waals surface area (Å²) in [5.74, 6) is 1.65. The Kier molecular flexibility index (Phi) is 6.84. The largest absolute Gasteiger partial charge is 0.496 e. The number of benzene rings is 2. The zero-order chi connectivity index (χ0) is 21.5. The van der Waals surface area contributed by atoms with Gasteiger partial charge in [-0.15, -0.1) is 0 Å². The van der Waals surface area contributed by atoms with Gasteiger partial charge in [-0.1, -0.05) is 36.4 Å². The van der Waals surface area contributed by atoms with Gasteiger partial charge in [0.1, 0.15) is 17.6 Å². The van der Waals surface area contributed by atoms with E-state index in [1.807, 2.05) is 53.2 Å². The number of hydrogen-bond acceptors (Lipinski definition) is 5. The topological polar surface area (TPSA) is 68.6 Å². The van der Waals surface area contributed by atoms with Crippen LogP contribution in [-0.4, -0.2) is 47.1 Å². The lowest BCUT2D eigenvalue weighted by Crippen LogP contribution is -2.39. The highest BCUT2D eigenvalue weighted by atomic mass is 16.5. The fraction of sp³-hybridized carbons (Fsp3) is 0.333. The minimum Gasteiger partial charge on any atom is -0.496 e. The second-order valence-corrected chi connectivity index (χ2v) is 7.63. The van der Waals surface area contributed by atoms with Gasteiger partial charge >= 0.3 is 0 Å². The molecule has 1 aromatic heterocycles. The van der Waals surface area contributed by atoms with Crippen molar-refractivity contribution >= 4 is 5.91 Å². The lowest BCUT2D eigenvalue weighted by atomic mass is 10.1. The summed E-state index contributed by atoms with van der Waals surface area (Å²) in [6.45, 7) is 3.03. The number of aromatic nitrogens is 2. The van der Waals surface area contributed by atoms with E-state index >= 15 is 0 Å². The summed E-state index contributed by atoms with van der Waals surface area (Å²) in [5.41, 5.74) is 2.06. The molecule has 1 amide bonds. The average Bonchev–Trinajstić information content (AvgIpc) is 3.24. The van der Waals surface area contributed by atoms with Gasteiger partial charge in [0.15, 0.2) is 0 Å². The number of hydrogen-bond donors (Lipinski definition) is 1. The van der Waals surface area contributed by atoms with Gasteiger partial charge in [0.2, 0.25) is 5.91 Å². The number of rotatable bonds is 8. The van der Waals surface area contributed by atoms with Crippen LogP contribution in [0.3, 0.4) is 0 Å². The summed E-state index contributed by atoms with van der Waals surface area (Å²) in [5, 5.41) is 3.03. The van der Waals surface area contributed by atoms with Crippen molar-refractivity contribution in [3.8, 4) is 11.5 Å². The van der Waals surface area contributed by atoms with E-state index < -0.39 is 0 Å². The summed E-state index contributed by atoms with van der Waals surface area (Å²) in [7, 11) is 1.67. The highest BCUT2D eigenvalue weighted by molar-refractivity contribution is 5.78. The number of ether oxygens (including phenoxy) is 2. The van der Waals surface area contributed by atoms with Gasteiger partial charge in [-0.25, -0.2) is 4.98 Å². The van der Waals surface area contributed by atoms with Gasteiger partial charge in [-0.2, -0.15) is 0 Å². The Hall–Kier alpha value is -3.32. The third kappa shape index (κ3) is 5.44. The quantitative estimate of drug-likeness (QED) is 0.568. The third-order valence-electron chi connectivity index (χ3n) is 5.39. The first kappa shape index (κ1) is 20.9. The molecule has 0 spiro atoms. The molecule has 31 heavy (non-hydrogen) atoms. The molecule has 0 fully saturated rings. The van der Waals surface area contributed by atoms with Gasteiger partial charge in [0.05, 0.1) is 20.0 Å². The number of carbonyl (C=O) groups is 1. The molecule has 4 rings (SSSR count). The Morgan fingerprint density at radius 2 is 2.06 bits per heavy atom. The summed E-state index contributed by atoms with van der Waals surface area (Å²) in [4.78, 5) is 18.8. The minimum absolute atomic E-state index is 0.0174. The summed E-state index contributed by atoms with van der Waals surface area (Å²) >= 11 is 0. The molecule has 1 aliphatic rings. The van der Waals surface area contributed by atoms with E-state index in [2.05, 4.69) is 21.3 Å². The highest BCUT2D eigenvalue weighted by Gasteiger charge is 2.27. The summed E-state index contributed by atoms with van der Waals surface area (Å²) < 4.78 is 13.9. The van der Waals surface area contributed by atoms with Crippen LogP contribution < -0.4 is 14.8 Å². The maximum absolute atomic E-state index is 12.6. The van der Waals surface area contributed by atoms with Gasteiger partial charge < -0.3 is 19.4 Å². The molecule has 0 aliphatic carbocycles. The second-order valence-electron chi connectivity index (χ2n) is 7.63. The van der Waals surface area contributed by atoms with Gasteiger partial charge in [0.25, 0.3) is 0 Å². The first-order valence-corrected chi connectivity index (χ1v) is 10.5. The number of nitrogens with zero attached hydrogens (tertiary/aromatic N) is 3. The lowest BCUT2D eigenvalue weighted by Gasteiger charge is -2.24. The second kappa shape index (κ2) is 10.1. The van der Waals surface area contributed by atoms with Crippen LogP contribution in [0.15, 0.2) is 67.3 Å². The predicted octanol–water partition coefficient (Wildman–Crippen LogP) is 3.03. The number of imidazole rings is 1. The number of para-hydroxylation sites is 2. The number of methoxy groups -OCH3 is 1. The van der Waals surface area contributed by atoms with E-state index in [0.29, 0.717) is 26.2 Å². The Balaban J connectivity index is 1.42. The van der Waals surface area contributed by atoms with Crippen molar-refractivity contribution in [3.63, 3.8) is 0 Å². The van der Waals surface area contributed by atoms with Gasteiger partial charge in [-0.05, 0) is 18.6 Å². The van der Waals surface area contributed by atoms with Crippen LogP contribution in [-0.2, 0) is 17.9 Å². The molecule has 0 bridgehead atoms. The zero-order valence-electron chi connectivity index (χ0n) is 17.7. The van der Waals surface area contributed by atoms with E-state index in [4.69, 9.17) is 9.47 Å². The van der Waals surface area contributed by atoms with E-state index in [-0.39, 0.29) is 12.0 Å². The van der Waals surface area contributed by atoms with Crippen LogP contribution in [0.25, 0.3) is 0 Å². The normalized spacial score (nSPS) is 16.1. The van der Waals surface area contributed by atoms with E-state index in [1.165, 1.54) is 0 Å². The molecule has 1 atom stereocenters. The van der Waals surface area contributed by atoms with E-state index in [1.54, 1.807) is 19.6 Å². The maximum atomic E-state index is 12.6. The molecule has 0 radical (unpaired) electrons. The molecule has 1 aliphatic heterocycles. The number of amides is 1. The van der Waals surface area contributed by atoms with Crippen LogP contribution >= 0.6 is 0 Å². The molecule has 0 saturated carbocycles. The monoisotopic (exact) mass is 420 g/mol. The van der Waals surface area contributed by atoms with Gasteiger partial charge in [0, 0.05) is 49.7 Å². The molecule has 2 heterocycles. The molecular formula is C24H28N4O3. The Morgan fingerprint density at radius 3 is 2.90 bits per heavy atom. The Morgan fingerprint density at radius 1 is 1.23 bits per heavy atom. The van der Waals surface area contributed by atoms with Crippen molar-refractivity contribution in [2.75, 3.05) is 26.7 Å². The first-order valence-electron chi connectivity index (χ1n) is 10.5. The fourth-order valence-corrected chi connectivity index (χ4v) is 3.86. The standard InChI is InChI=1S/C24H28N4O3/c1-30-22-10-5-3-8-20(22)23-16-28(15-19-7-2-4-9-21(19)31-23)17-24(29)26-11-6-13-27-14-12-25-18-27/h2-5,7-10,12,14,18,23H,6,11,13,15-17H2,1H3,(H,26,29). The van der Waals surface area contributed by atoms with Crippen molar-refractivity contribution in [3.05, 3.63) is 78.4 Å². The van der Waals surface area contributed by atoms with Crippen LogP contribution in [0.1, 0.15) is 23.7 Å². The predicted molar refractivity (Wildman–Crippen MR) is 118 cm³/mol. The number of fused-ring (bicyclic) bond motifs is 1. The number of nitrogens with one attached hydrogen (secondary N) is 1.